The number of nitrogens with one attached hydrogen (secondary N) is 2. The molecule has 0 radical (unpaired) electrons. The van der Waals surface area contributed by atoms with Gasteiger partial charge in [-0.2, -0.15) is 4.72 Å². The lowest BCUT2D eigenvalue weighted by molar-refractivity contribution is -0.139. The van der Waals surface area contributed by atoms with Gasteiger partial charge >= 0.3 is 5.97 Å². The molecule has 0 aliphatic heterocycles. The molecule has 1 unspecified atom stereocenters. The minimum absolute atomic E-state index is 0.104. The van der Waals surface area contributed by atoms with Crippen LogP contribution in [0.2, 0.25) is 0 Å². The molecular weight excluding hydrogens is 322 g/mol. The van der Waals surface area contributed by atoms with Crippen LogP contribution in [0.4, 0.5) is 0 Å². The van der Waals surface area contributed by atoms with Crippen molar-refractivity contribution in [1.82, 2.24) is 14.7 Å². The maximum absolute atomic E-state index is 12.3. The van der Waals surface area contributed by atoms with E-state index in [1.165, 1.54) is 18.2 Å². The maximum atomic E-state index is 12.3. The number of carboxylic acids is 1. The second-order valence-corrected chi connectivity index (χ2v) is 6.79. The van der Waals surface area contributed by atoms with Crippen LogP contribution in [0, 0.1) is 0 Å². The SMILES string of the molecule is CCCCC(NS(=O)(=O)c1ccc2[nH]c(=O)cnc2c1)C(=O)O. The first-order valence-corrected chi connectivity index (χ1v) is 8.56. The van der Waals surface area contributed by atoms with E-state index in [0.29, 0.717) is 17.5 Å². The van der Waals surface area contributed by atoms with Crippen LogP contribution in [0.3, 0.4) is 0 Å². The highest BCUT2D eigenvalue weighted by atomic mass is 32.2. The fourth-order valence-electron chi connectivity index (χ4n) is 2.08. The molecule has 1 atom stereocenters. The van der Waals surface area contributed by atoms with Crippen LogP contribution in [-0.2, 0) is 14.8 Å². The molecule has 1 aromatic heterocycles. The molecule has 0 saturated heterocycles. The van der Waals surface area contributed by atoms with Gasteiger partial charge in [-0.05, 0) is 24.6 Å². The fourth-order valence-corrected chi connectivity index (χ4v) is 3.32. The van der Waals surface area contributed by atoms with Gasteiger partial charge in [0, 0.05) is 0 Å². The molecule has 9 heteroatoms. The standard InChI is InChI=1S/C14H17N3O5S/c1-2-3-4-11(14(19)20)17-23(21,22)9-5-6-10-12(7-9)15-8-13(18)16-10/h5-8,11,17H,2-4H2,1H3,(H,16,18)(H,19,20). The van der Waals surface area contributed by atoms with E-state index < -0.39 is 27.6 Å². The number of hydrogen-bond donors (Lipinski definition) is 3. The molecule has 8 nitrogen and oxygen atoms in total. The molecular formula is C14H17N3O5S. The molecule has 0 fully saturated rings. The predicted molar refractivity (Wildman–Crippen MR) is 83.6 cm³/mol. The summed E-state index contributed by atoms with van der Waals surface area (Å²) >= 11 is 0. The summed E-state index contributed by atoms with van der Waals surface area (Å²) in [5.41, 5.74) is 0.307. The molecule has 0 saturated carbocycles. The van der Waals surface area contributed by atoms with Crippen LogP contribution in [-0.4, -0.2) is 35.5 Å². The van der Waals surface area contributed by atoms with Crippen LogP contribution in [0.5, 0.6) is 0 Å². The van der Waals surface area contributed by atoms with Gasteiger partial charge in [0.05, 0.1) is 22.1 Å². The van der Waals surface area contributed by atoms with Gasteiger partial charge in [-0.3, -0.25) is 9.59 Å². The van der Waals surface area contributed by atoms with Gasteiger partial charge in [0.2, 0.25) is 10.0 Å². The Kier molecular flexibility index (Phi) is 5.12. The van der Waals surface area contributed by atoms with Gasteiger partial charge in [-0.1, -0.05) is 19.8 Å². The number of carboxylic acid groups (broad SMARTS) is 1. The van der Waals surface area contributed by atoms with Crippen LogP contribution >= 0.6 is 0 Å². The third-order valence-electron chi connectivity index (χ3n) is 3.30. The molecule has 2 rings (SSSR count). The average Bonchev–Trinajstić information content (AvgIpc) is 2.50. The zero-order valence-electron chi connectivity index (χ0n) is 12.4. The molecule has 23 heavy (non-hydrogen) atoms. The lowest BCUT2D eigenvalue weighted by atomic mass is 10.1. The van der Waals surface area contributed by atoms with Crippen molar-refractivity contribution in [1.29, 1.82) is 0 Å². The number of aromatic nitrogens is 2. The van der Waals surface area contributed by atoms with Gasteiger partial charge in [0.15, 0.2) is 0 Å². The summed E-state index contributed by atoms with van der Waals surface area (Å²) in [4.78, 5) is 28.6. The summed E-state index contributed by atoms with van der Waals surface area (Å²) in [5, 5.41) is 9.13. The second-order valence-electron chi connectivity index (χ2n) is 5.08. The molecule has 124 valence electrons. The topological polar surface area (TPSA) is 129 Å². The largest absolute Gasteiger partial charge is 0.480 e. The zero-order valence-corrected chi connectivity index (χ0v) is 13.3. The van der Waals surface area contributed by atoms with Crippen molar-refractivity contribution in [2.75, 3.05) is 0 Å². The first-order chi connectivity index (χ1) is 10.8. The Labute approximate surface area is 132 Å². The number of carbonyl (C=O) groups is 1. The molecule has 0 aliphatic carbocycles. The lowest BCUT2D eigenvalue weighted by Crippen LogP contribution is -2.40. The Balaban J connectivity index is 2.32. The van der Waals surface area contributed by atoms with Crippen molar-refractivity contribution in [2.45, 2.75) is 37.1 Å². The summed E-state index contributed by atoms with van der Waals surface area (Å²) in [7, 11) is -4.00. The lowest BCUT2D eigenvalue weighted by Gasteiger charge is -2.14. The zero-order chi connectivity index (χ0) is 17.0. The number of benzene rings is 1. The number of unbranched alkanes of at least 4 members (excludes halogenated alkanes) is 1. The van der Waals surface area contributed by atoms with Crippen LogP contribution < -0.4 is 10.3 Å². The summed E-state index contributed by atoms with van der Waals surface area (Å²) in [5.74, 6) is -1.22. The van der Waals surface area contributed by atoms with E-state index in [1.807, 2.05) is 6.92 Å². The fraction of sp³-hybridized carbons (Fsp3) is 0.357. The summed E-state index contributed by atoms with van der Waals surface area (Å²) in [6.07, 6.45) is 2.62. The summed E-state index contributed by atoms with van der Waals surface area (Å²) < 4.78 is 26.9. The first-order valence-electron chi connectivity index (χ1n) is 7.07. The number of rotatable bonds is 7. The van der Waals surface area contributed by atoms with E-state index in [2.05, 4.69) is 14.7 Å². The smallest absolute Gasteiger partial charge is 0.321 e. The quantitative estimate of drug-likeness (QED) is 0.685. The monoisotopic (exact) mass is 339 g/mol. The Hall–Kier alpha value is -2.26. The van der Waals surface area contributed by atoms with Crippen LogP contribution in [0.15, 0.2) is 34.1 Å². The van der Waals surface area contributed by atoms with Crippen LogP contribution in [0.1, 0.15) is 26.2 Å². The molecule has 0 bridgehead atoms. The molecule has 1 heterocycles. The summed E-state index contributed by atoms with van der Waals surface area (Å²) in [6, 6.07) is 2.81. The van der Waals surface area contributed by atoms with E-state index in [1.54, 1.807) is 0 Å². The number of aromatic amines is 1. The Morgan fingerprint density at radius 3 is 2.83 bits per heavy atom. The van der Waals surface area contributed by atoms with Gasteiger partial charge in [-0.25, -0.2) is 13.4 Å². The van der Waals surface area contributed by atoms with Crippen LogP contribution in [0.25, 0.3) is 11.0 Å². The third kappa shape index (κ3) is 4.14. The van der Waals surface area contributed by atoms with Gasteiger partial charge in [0.25, 0.3) is 5.56 Å². The number of H-pyrrole nitrogens is 1. The second kappa shape index (κ2) is 6.88. The van der Waals surface area contributed by atoms with Crippen molar-refractivity contribution in [3.8, 4) is 0 Å². The number of hydrogen-bond acceptors (Lipinski definition) is 5. The molecule has 0 spiro atoms. The molecule has 1 aromatic carbocycles. The van der Waals surface area contributed by atoms with Gasteiger partial charge < -0.3 is 10.1 Å². The number of nitrogens with zero attached hydrogens (tertiary/aromatic N) is 1. The normalized spacial score (nSPS) is 13.1. The van der Waals surface area contributed by atoms with Crippen molar-refractivity contribution in [3.63, 3.8) is 0 Å². The third-order valence-corrected chi connectivity index (χ3v) is 4.77. The van der Waals surface area contributed by atoms with E-state index in [-0.39, 0.29) is 11.3 Å². The highest BCUT2D eigenvalue weighted by Gasteiger charge is 2.25. The van der Waals surface area contributed by atoms with Gasteiger partial charge in [-0.15, -0.1) is 0 Å². The Morgan fingerprint density at radius 2 is 2.17 bits per heavy atom. The average molecular weight is 339 g/mol. The van der Waals surface area contributed by atoms with Crippen molar-refractivity contribution < 1.29 is 18.3 Å². The highest BCUT2D eigenvalue weighted by Crippen LogP contribution is 2.16. The predicted octanol–water partition coefficient (Wildman–Crippen LogP) is 0.845. The number of fused-ring (bicyclic) bond motifs is 1. The van der Waals surface area contributed by atoms with E-state index in [4.69, 9.17) is 5.11 Å². The van der Waals surface area contributed by atoms with Crippen molar-refractivity contribution in [3.05, 3.63) is 34.7 Å². The molecule has 0 aliphatic rings. The van der Waals surface area contributed by atoms with Crippen molar-refractivity contribution >= 4 is 27.0 Å². The maximum Gasteiger partial charge on any atom is 0.321 e. The minimum Gasteiger partial charge on any atom is -0.480 e. The Bertz CT molecular complexity index is 875. The first kappa shape index (κ1) is 17.1. The highest BCUT2D eigenvalue weighted by molar-refractivity contribution is 7.89. The number of sulfonamides is 1. The molecule has 3 N–H and O–H groups in total. The van der Waals surface area contributed by atoms with E-state index in [0.717, 1.165) is 12.6 Å². The van der Waals surface area contributed by atoms with E-state index >= 15 is 0 Å². The number of aliphatic carboxylic acids is 1. The van der Waals surface area contributed by atoms with E-state index in [9.17, 15) is 18.0 Å². The molecule has 0 amide bonds. The minimum atomic E-state index is -4.00. The summed E-state index contributed by atoms with van der Waals surface area (Å²) in [6.45, 7) is 1.89. The van der Waals surface area contributed by atoms with Gasteiger partial charge in [0.1, 0.15) is 6.04 Å². The Morgan fingerprint density at radius 1 is 1.43 bits per heavy atom. The van der Waals surface area contributed by atoms with Crippen molar-refractivity contribution in [2.24, 2.45) is 0 Å². The molecule has 2 aromatic rings.